The number of piperazine rings is 1. The van der Waals surface area contributed by atoms with Crippen molar-refractivity contribution in [3.05, 3.63) is 70.8 Å². The molecule has 0 unspecified atom stereocenters. The molecule has 7 nitrogen and oxygen atoms in total. The molecule has 34 heavy (non-hydrogen) atoms. The van der Waals surface area contributed by atoms with Gasteiger partial charge in [0.2, 0.25) is 0 Å². The largest absolute Gasteiger partial charge is 0.421 e. The van der Waals surface area contributed by atoms with Crippen molar-refractivity contribution in [1.29, 1.82) is 0 Å². The van der Waals surface area contributed by atoms with E-state index >= 15 is 0 Å². The molecule has 1 aliphatic heterocycles. The van der Waals surface area contributed by atoms with Crippen molar-refractivity contribution in [1.82, 2.24) is 19.9 Å². The van der Waals surface area contributed by atoms with E-state index in [-0.39, 0.29) is 28.2 Å². The van der Waals surface area contributed by atoms with E-state index in [0.29, 0.717) is 30.1 Å². The van der Waals surface area contributed by atoms with Crippen molar-refractivity contribution in [2.75, 3.05) is 24.5 Å². The number of anilines is 1. The smallest absolute Gasteiger partial charge is 0.416 e. The summed E-state index contributed by atoms with van der Waals surface area (Å²) >= 11 is 0. The molecule has 174 valence electrons. The van der Waals surface area contributed by atoms with Gasteiger partial charge in [-0.1, -0.05) is 18.2 Å². The SMILES string of the molecule is O=c1c2ncccc2ccn1-c1nc(N2CCNC3(CC3)C2)oc1-c1ccc(C(F)(F)F)cc1. The Bertz CT molecular complexity index is 1440. The molecule has 1 aromatic carbocycles. The molecule has 0 amide bonds. The number of fused-ring (bicyclic) bond motifs is 1. The highest BCUT2D eigenvalue weighted by molar-refractivity contribution is 5.78. The summed E-state index contributed by atoms with van der Waals surface area (Å²) in [5.41, 5.74) is -0.420. The lowest BCUT2D eigenvalue weighted by atomic mass is 10.1. The predicted molar refractivity (Wildman–Crippen MR) is 120 cm³/mol. The third kappa shape index (κ3) is 3.54. The molecule has 1 saturated heterocycles. The summed E-state index contributed by atoms with van der Waals surface area (Å²) in [4.78, 5) is 24.1. The first-order chi connectivity index (χ1) is 16.3. The number of pyridine rings is 2. The van der Waals surface area contributed by atoms with Crippen LogP contribution < -0.4 is 15.8 Å². The lowest BCUT2D eigenvalue weighted by Gasteiger charge is -2.32. The van der Waals surface area contributed by atoms with E-state index in [2.05, 4.69) is 15.3 Å². The zero-order chi connectivity index (χ0) is 23.5. The normalized spacial score (nSPS) is 17.4. The molecule has 2 fully saturated rings. The van der Waals surface area contributed by atoms with Gasteiger partial charge in [-0.3, -0.25) is 14.3 Å². The molecule has 10 heteroatoms. The third-order valence-corrected chi connectivity index (χ3v) is 6.46. The second-order valence-corrected chi connectivity index (χ2v) is 8.79. The highest BCUT2D eigenvalue weighted by atomic mass is 19.4. The molecular formula is C24H20F3N5O2. The van der Waals surface area contributed by atoms with Crippen molar-refractivity contribution in [3.8, 4) is 17.1 Å². The van der Waals surface area contributed by atoms with Crippen LogP contribution in [0, 0.1) is 0 Å². The molecule has 4 aromatic rings. The van der Waals surface area contributed by atoms with Gasteiger partial charge in [-0.2, -0.15) is 18.2 Å². The fraction of sp³-hybridized carbons (Fsp3) is 0.292. The van der Waals surface area contributed by atoms with Gasteiger partial charge < -0.3 is 14.6 Å². The molecule has 0 bridgehead atoms. The van der Waals surface area contributed by atoms with Crippen LogP contribution in [0.3, 0.4) is 0 Å². The maximum absolute atomic E-state index is 13.2. The topological polar surface area (TPSA) is 76.2 Å². The number of nitrogens with one attached hydrogen (secondary N) is 1. The molecule has 4 heterocycles. The maximum Gasteiger partial charge on any atom is 0.416 e. The van der Waals surface area contributed by atoms with Gasteiger partial charge in [0, 0.05) is 48.5 Å². The van der Waals surface area contributed by atoms with Gasteiger partial charge in [-0.15, -0.1) is 0 Å². The molecule has 0 radical (unpaired) electrons. The molecule has 1 aliphatic carbocycles. The number of alkyl halides is 3. The minimum Gasteiger partial charge on any atom is -0.421 e. The van der Waals surface area contributed by atoms with Crippen LogP contribution in [0.4, 0.5) is 19.2 Å². The minimum atomic E-state index is -4.45. The van der Waals surface area contributed by atoms with Crippen LogP contribution in [-0.2, 0) is 6.18 Å². The fourth-order valence-electron chi connectivity index (χ4n) is 4.44. The Balaban J connectivity index is 1.49. The second-order valence-electron chi connectivity index (χ2n) is 8.79. The van der Waals surface area contributed by atoms with Crippen molar-refractivity contribution in [3.63, 3.8) is 0 Å². The Morgan fingerprint density at radius 1 is 1.09 bits per heavy atom. The quantitative estimate of drug-likeness (QED) is 0.491. The molecule has 1 N–H and O–H groups in total. The summed E-state index contributed by atoms with van der Waals surface area (Å²) in [7, 11) is 0. The first-order valence-corrected chi connectivity index (χ1v) is 11.0. The monoisotopic (exact) mass is 467 g/mol. The van der Waals surface area contributed by atoms with Crippen molar-refractivity contribution in [2.24, 2.45) is 0 Å². The first kappa shape index (κ1) is 20.9. The number of halogens is 3. The Labute approximate surface area is 191 Å². The van der Waals surface area contributed by atoms with Crippen LogP contribution in [0.1, 0.15) is 18.4 Å². The standard InChI is InChI=1S/C24H20F3N5O2/c25-24(26,27)17-5-3-16(4-6-17)19-20(32-12-7-15-2-1-10-28-18(15)21(32)33)30-22(34-19)31-13-11-29-23(14-31)8-9-23/h1-7,10,12,29H,8-9,11,13-14H2. The number of hydrogen-bond acceptors (Lipinski definition) is 6. The number of hydrogen-bond donors (Lipinski definition) is 1. The van der Waals surface area contributed by atoms with E-state index in [0.717, 1.165) is 31.5 Å². The molecule has 1 saturated carbocycles. The maximum atomic E-state index is 13.2. The predicted octanol–water partition coefficient (Wildman–Crippen LogP) is 4.00. The molecule has 2 aliphatic rings. The van der Waals surface area contributed by atoms with Gasteiger partial charge in [0.05, 0.1) is 5.56 Å². The molecule has 1 spiro atoms. The zero-order valence-corrected chi connectivity index (χ0v) is 18.0. The van der Waals surface area contributed by atoms with Crippen LogP contribution >= 0.6 is 0 Å². The van der Waals surface area contributed by atoms with Crippen molar-refractivity contribution < 1.29 is 17.6 Å². The lowest BCUT2D eigenvalue weighted by Crippen LogP contribution is -2.52. The average molecular weight is 467 g/mol. The summed E-state index contributed by atoms with van der Waals surface area (Å²) in [5, 5.41) is 4.20. The Morgan fingerprint density at radius 2 is 1.88 bits per heavy atom. The zero-order valence-electron chi connectivity index (χ0n) is 18.0. The van der Waals surface area contributed by atoms with Gasteiger partial charge in [0.1, 0.15) is 5.52 Å². The Morgan fingerprint density at radius 3 is 2.62 bits per heavy atom. The van der Waals surface area contributed by atoms with E-state index in [1.165, 1.54) is 22.9 Å². The highest BCUT2D eigenvalue weighted by Crippen LogP contribution is 2.40. The van der Waals surface area contributed by atoms with E-state index in [9.17, 15) is 18.0 Å². The summed E-state index contributed by atoms with van der Waals surface area (Å²) < 4.78 is 46.7. The average Bonchev–Trinajstić information content (AvgIpc) is 3.42. The van der Waals surface area contributed by atoms with Crippen molar-refractivity contribution >= 4 is 16.9 Å². The van der Waals surface area contributed by atoms with Crippen molar-refractivity contribution in [2.45, 2.75) is 24.6 Å². The summed E-state index contributed by atoms with van der Waals surface area (Å²) in [6.45, 7) is 2.16. The Kier molecular flexibility index (Phi) is 4.57. The number of oxazole rings is 1. The van der Waals surface area contributed by atoms with Gasteiger partial charge in [0.25, 0.3) is 11.6 Å². The van der Waals surface area contributed by atoms with Crippen LogP contribution in [-0.4, -0.2) is 39.7 Å². The third-order valence-electron chi connectivity index (χ3n) is 6.46. The van der Waals surface area contributed by atoms with E-state index in [1.54, 1.807) is 24.4 Å². The minimum absolute atomic E-state index is 0.0606. The van der Waals surface area contributed by atoms with E-state index in [1.807, 2.05) is 4.90 Å². The lowest BCUT2D eigenvalue weighted by molar-refractivity contribution is -0.137. The molecular weight excluding hydrogens is 447 g/mol. The molecule has 3 aromatic heterocycles. The number of benzene rings is 1. The summed E-state index contributed by atoms with van der Waals surface area (Å²) in [5.74, 6) is 0.445. The fourth-order valence-corrected chi connectivity index (χ4v) is 4.44. The Hall–Kier alpha value is -3.66. The van der Waals surface area contributed by atoms with Crippen LogP contribution in [0.5, 0.6) is 0 Å². The number of nitrogens with zero attached hydrogens (tertiary/aromatic N) is 4. The second kappa shape index (κ2) is 7.42. The summed E-state index contributed by atoms with van der Waals surface area (Å²) in [6.07, 6.45) is 0.808. The number of aromatic nitrogens is 3. The van der Waals surface area contributed by atoms with Gasteiger partial charge in [-0.05, 0) is 37.1 Å². The van der Waals surface area contributed by atoms with Gasteiger partial charge in [0.15, 0.2) is 11.6 Å². The first-order valence-electron chi connectivity index (χ1n) is 11.0. The van der Waals surface area contributed by atoms with E-state index in [4.69, 9.17) is 4.42 Å². The van der Waals surface area contributed by atoms with Gasteiger partial charge in [-0.25, -0.2) is 0 Å². The van der Waals surface area contributed by atoms with Crippen LogP contribution in [0.25, 0.3) is 28.0 Å². The molecule has 0 atom stereocenters. The number of rotatable bonds is 3. The van der Waals surface area contributed by atoms with Crippen LogP contribution in [0.15, 0.2) is 64.1 Å². The summed E-state index contributed by atoms with van der Waals surface area (Å²) in [6, 6.07) is 10.3. The van der Waals surface area contributed by atoms with E-state index < -0.39 is 11.7 Å². The highest BCUT2D eigenvalue weighted by Gasteiger charge is 2.46. The van der Waals surface area contributed by atoms with Gasteiger partial charge >= 0.3 is 6.18 Å². The molecule has 6 rings (SSSR count). The van der Waals surface area contributed by atoms with Crippen LogP contribution in [0.2, 0.25) is 0 Å².